The van der Waals surface area contributed by atoms with Crippen LogP contribution in [-0.2, 0) is 0 Å². The average molecular weight is 279 g/mol. The van der Waals surface area contributed by atoms with E-state index < -0.39 is 0 Å². The highest BCUT2D eigenvalue weighted by Gasteiger charge is 2.08. The van der Waals surface area contributed by atoms with Crippen LogP contribution in [0.1, 0.15) is 0 Å². The summed E-state index contributed by atoms with van der Waals surface area (Å²) in [6, 6.07) is 12.7. The Hall–Kier alpha value is -1.71. The Balaban J connectivity index is 2.02. The molecule has 1 heterocycles. The molecular formula is C13H8Cl2N2O. The molecule has 0 radical (unpaired) electrons. The summed E-state index contributed by atoms with van der Waals surface area (Å²) in [6.07, 6.45) is 0. The fraction of sp³-hybridized carbons (Fsp3) is 0. The van der Waals surface area contributed by atoms with Crippen LogP contribution in [0.25, 0.3) is 11.0 Å². The second-order valence-electron chi connectivity index (χ2n) is 3.81. The molecule has 1 aromatic heterocycles. The zero-order valence-electron chi connectivity index (χ0n) is 9.15. The minimum Gasteiger partial charge on any atom is -0.354 e. The Morgan fingerprint density at radius 1 is 1.00 bits per heavy atom. The first-order valence-corrected chi connectivity index (χ1v) is 6.05. The molecule has 0 amide bonds. The van der Waals surface area contributed by atoms with E-state index in [0.29, 0.717) is 21.4 Å². The van der Waals surface area contributed by atoms with Gasteiger partial charge in [0.1, 0.15) is 0 Å². The van der Waals surface area contributed by atoms with Gasteiger partial charge in [-0.2, -0.15) is 0 Å². The lowest BCUT2D eigenvalue weighted by Gasteiger charge is -2.02. The van der Waals surface area contributed by atoms with E-state index in [9.17, 15) is 0 Å². The molecular weight excluding hydrogens is 271 g/mol. The molecule has 18 heavy (non-hydrogen) atoms. The van der Waals surface area contributed by atoms with Gasteiger partial charge in [-0.3, -0.25) is 0 Å². The molecule has 0 fully saturated rings. The summed E-state index contributed by atoms with van der Waals surface area (Å²) in [6.45, 7) is 0. The molecule has 0 spiro atoms. The standard InChI is InChI=1S/C13H8Cl2N2O/c14-8-2-1-3-10(6-8)16-13-11-7-9(15)4-5-12(11)18-17-13/h1-7H,(H,16,17). The second-order valence-corrected chi connectivity index (χ2v) is 4.68. The van der Waals surface area contributed by atoms with Crippen molar-refractivity contribution < 1.29 is 4.52 Å². The van der Waals surface area contributed by atoms with Gasteiger partial charge in [0, 0.05) is 15.7 Å². The first kappa shape index (κ1) is 11.4. The maximum atomic E-state index is 5.96. The molecule has 0 aliphatic carbocycles. The fourth-order valence-corrected chi connectivity index (χ4v) is 2.07. The minimum atomic E-state index is 0.620. The summed E-state index contributed by atoms with van der Waals surface area (Å²) in [5.41, 5.74) is 1.53. The lowest BCUT2D eigenvalue weighted by atomic mass is 10.2. The van der Waals surface area contributed by atoms with E-state index in [1.807, 2.05) is 24.3 Å². The highest BCUT2D eigenvalue weighted by Crippen LogP contribution is 2.28. The highest BCUT2D eigenvalue weighted by atomic mass is 35.5. The van der Waals surface area contributed by atoms with Crippen LogP contribution < -0.4 is 5.32 Å². The summed E-state index contributed by atoms with van der Waals surface area (Å²) < 4.78 is 5.20. The summed E-state index contributed by atoms with van der Waals surface area (Å²) in [7, 11) is 0. The zero-order chi connectivity index (χ0) is 12.5. The van der Waals surface area contributed by atoms with E-state index in [0.717, 1.165) is 11.1 Å². The maximum absolute atomic E-state index is 5.96. The van der Waals surface area contributed by atoms with Crippen LogP contribution in [0.4, 0.5) is 11.5 Å². The lowest BCUT2D eigenvalue weighted by Crippen LogP contribution is -1.90. The number of fused-ring (bicyclic) bond motifs is 1. The first-order valence-electron chi connectivity index (χ1n) is 5.30. The van der Waals surface area contributed by atoms with Gasteiger partial charge < -0.3 is 9.84 Å². The van der Waals surface area contributed by atoms with Crippen LogP contribution in [0, 0.1) is 0 Å². The van der Waals surface area contributed by atoms with E-state index in [-0.39, 0.29) is 0 Å². The predicted molar refractivity (Wildman–Crippen MR) is 73.8 cm³/mol. The number of nitrogens with one attached hydrogen (secondary N) is 1. The van der Waals surface area contributed by atoms with E-state index in [2.05, 4.69) is 10.5 Å². The molecule has 0 aliphatic rings. The molecule has 1 N–H and O–H groups in total. The van der Waals surface area contributed by atoms with Crippen molar-refractivity contribution in [3.8, 4) is 0 Å². The van der Waals surface area contributed by atoms with E-state index in [4.69, 9.17) is 27.7 Å². The van der Waals surface area contributed by atoms with E-state index in [1.165, 1.54) is 0 Å². The Morgan fingerprint density at radius 2 is 1.83 bits per heavy atom. The SMILES string of the molecule is Clc1cccc(Nc2noc3ccc(Cl)cc23)c1. The second kappa shape index (κ2) is 4.52. The van der Waals surface area contributed by atoms with Gasteiger partial charge in [-0.15, -0.1) is 0 Å². The third-order valence-electron chi connectivity index (χ3n) is 2.52. The van der Waals surface area contributed by atoms with Gasteiger partial charge in [0.05, 0.1) is 5.39 Å². The summed E-state index contributed by atoms with van der Waals surface area (Å²) in [5.74, 6) is 0.620. The van der Waals surface area contributed by atoms with Gasteiger partial charge in [0.15, 0.2) is 11.4 Å². The number of hydrogen-bond acceptors (Lipinski definition) is 3. The lowest BCUT2D eigenvalue weighted by molar-refractivity contribution is 0.460. The van der Waals surface area contributed by atoms with Crippen molar-refractivity contribution in [1.29, 1.82) is 0 Å². The molecule has 0 aliphatic heterocycles. The normalized spacial score (nSPS) is 10.8. The van der Waals surface area contributed by atoms with Gasteiger partial charge in [-0.1, -0.05) is 34.4 Å². The number of anilines is 2. The molecule has 3 nitrogen and oxygen atoms in total. The topological polar surface area (TPSA) is 38.1 Å². The van der Waals surface area contributed by atoms with Crippen LogP contribution in [0.15, 0.2) is 47.0 Å². The van der Waals surface area contributed by atoms with Crippen LogP contribution in [0.2, 0.25) is 10.0 Å². The van der Waals surface area contributed by atoms with Crippen molar-refractivity contribution in [3.63, 3.8) is 0 Å². The maximum Gasteiger partial charge on any atom is 0.181 e. The molecule has 0 saturated carbocycles. The molecule has 0 bridgehead atoms. The number of nitrogens with zero attached hydrogens (tertiary/aromatic N) is 1. The van der Waals surface area contributed by atoms with Gasteiger partial charge in [0.2, 0.25) is 0 Å². The third-order valence-corrected chi connectivity index (χ3v) is 2.99. The van der Waals surface area contributed by atoms with Gasteiger partial charge in [-0.25, -0.2) is 0 Å². The van der Waals surface area contributed by atoms with Gasteiger partial charge in [-0.05, 0) is 36.4 Å². The van der Waals surface area contributed by atoms with E-state index >= 15 is 0 Å². The molecule has 5 heteroatoms. The van der Waals surface area contributed by atoms with Crippen LogP contribution in [0.5, 0.6) is 0 Å². The van der Waals surface area contributed by atoms with E-state index in [1.54, 1.807) is 18.2 Å². The van der Waals surface area contributed by atoms with Crippen molar-refractivity contribution in [2.45, 2.75) is 0 Å². The van der Waals surface area contributed by atoms with Gasteiger partial charge in [0.25, 0.3) is 0 Å². The molecule has 0 unspecified atom stereocenters. The Labute approximate surface area is 113 Å². The molecule has 0 atom stereocenters. The Morgan fingerprint density at radius 3 is 2.67 bits per heavy atom. The molecule has 3 rings (SSSR count). The van der Waals surface area contributed by atoms with Gasteiger partial charge >= 0.3 is 0 Å². The Kier molecular flexibility index (Phi) is 2.86. The molecule has 2 aromatic carbocycles. The summed E-state index contributed by atoms with van der Waals surface area (Å²) >= 11 is 11.9. The third kappa shape index (κ3) is 2.15. The number of hydrogen-bond donors (Lipinski definition) is 1. The number of rotatable bonds is 2. The quantitative estimate of drug-likeness (QED) is 0.726. The Bertz CT molecular complexity index is 709. The molecule has 90 valence electrons. The van der Waals surface area contributed by atoms with Crippen molar-refractivity contribution in [1.82, 2.24) is 5.16 Å². The fourth-order valence-electron chi connectivity index (χ4n) is 1.70. The van der Waals surface area contributed by atoms with Crippen molar-refractivity contribution in [2.75, 3.05) is 5.32 Å². The van der Waals surface area contributed by atoms with Crippen LogP contribution >= 0.6 is 23.2 Å². The summed E-state index contributed by atoms with van der Waals surface area (Å²) in [5, 5.41) is 9.25. The zero-order valence-corrected chi connectivity index (χ0v) is 10.7. The molecule has 3 aromatic rings. The average Bonchev–Trinajstić information content (AvgIpc) is 2.72. The van der Waals surface area contributed by atoms with Crippen LogP contribution in [-0.4, -0.2) is 5.16 Å². The van der Waals surface area contributed by atoms with Crippen molar-refractivity contribution in [2.24, 2.45) is 0 Å². The number of halogens is 2. The minimum absolute atomic E-state index is 0.620. The smallest absolute Gasteiger partial charge is 0.181 e. The van der Waals surface area contributed by atoms with Crippen LogP contribution in [0.3, 0.4) is 0 Å². The highest BCUT2D eigenvalue weighted by molar-refractivity contribution is 6.31. The van der Waals surface area contributed by atoms with Crippen molar-refractivity contribution >= 4 is 45.7 Å². The molecule has 0 saturated heterocycles. The number of aromatic nitrogens is 1. The summed E-state index contributed by atoms with van der Waals surface area (Å²) in [4.78, 5) is 0. The van der Waals surface area contributed by atoms with Crippen molar-refractivity contribution in [3.05, 3.63) is 52.5 Å². The number of benzene rings is 2. The predicted octanol–water partition coefficient (Wildman–Crippen LogP) is 4.88. The largest absolute Gasteiger partial charge is 0.354 e. The first-order chi connectivity index (χ1) is 8.72. The monoisotopic (exact) mass is 278 g/mol.